The predicted octanol–water partition coefficient (Wildman–Crippen LogP) is 1.93. The van der Waals surface area contributed by atoms with Crippen molar-refractivity contribution in [2.45, 2.75) is 26.3 Å². The number of nitrogens with zero attached hydrogens (tertiary/aromatic N) is 2. The van der Waals surface area contributed by atoms with Crippen molar-refractivity contribution in [1.82, 2.24) is 15.1 Å². The Morgan fingerprint density at radius 3 is 2.50 bits per heavy atom. The van der Waals surface area contributed by atoms with Crippen molar-refractivity contribution < 1.29 is 9.59 Å². The van der Waals surface area contributed by atoms with Gasteiger partial charge in [-0.25, -0.2) is 0 Å². The van der Waals surface area contributed by atoms with Gasteiger partial charge in [0.15, 0.2) is 0 Å². The zero-order valence-electron chi connectivity index (χ0n) is 13.0. The Bertz CT molecular complexity index is 664. The molecule has 2 N–H and O–H groups in total. The second-order valence-corrected chi connectivity index (χ2v) is 5.21. The molecule has 0 radical (unpaired) electrons. The zero-order chi connectivity index (χ0) is 16.1. The predicted molar refractivity (Wildman–Crippen MR) is 84.2 cm³/mol. The number of aryl methyl sites for hydroxylation is 2. The van der Waals surface area contributed by atoms with Crippen molar-refractivity contribution in [3.8, 4) is 0 Å². The monoisotopic (exact) mass is 300 g/mol. The number of carbonyl (C=O) groups excluding carboxylic acids is 2. The lowest BCUT2D eigenvalue weighted by molar-refractivity contribution is -0.120. The largest absolute Gasteiger partial charge is 0.349 e. The number of nitrogens with one attached hydrogen (secondary N) is 2. The molecule has 0 aliphatic heterocycles. The summed E-state index contributed by atoms with van der Waals surface area (Å²) in [5.74, 6) is 0.292. The molecule has 6 heteroatoms. The van der Waals surface area contributed by atoms with Crippen LogP contribution in [-0.2, 0) is 16.6 Å². The highest BCUT2D eigenvalue weighted by atomic mass is 16.2. The highest BCUT2D eigenvalue weighted by Crippen LogP contribution is 2.18. The Morgan fingerprint density at radius 2 is 1.95 bits per heavy atom. The number of benzene rings is 1. The van der Waals surface area contributed by atoms with Gasteiger partial charge in [-0.1, -0.05) is 30.3 Å². The molecule has 2 amide bonds. The number of rotatable bonds is 5. The lowest BCUT2D eigenvalue weighted by atomic mass is 10.0. The molecule has 2 rings (SSSR count). The molecule has 6 nitrogen and oxygen atoms in total. The molecule has 0 spiro atoms. The van der Waals surface area contributed by atoms with E-state index in [1.54, 1.807) is 17.8 Å². The molecule has 116 valence electrons. The second kappa shape index (κ2) is 6.89. The SMILES string of the molecule is CC(=O)N[C@H](CC(=O)Nc1cc(C)nn1C)c1ccccc1. The van der Waals surface area contributed by atoms with E-state index in [9.17, 15) is 9.59 Å². The van der Waals surface area contributed by atoms with Crippen LogP contribution in [0.25, 0.3) is 0 Å². The standard InChI is InChI=1S/C16H20N4O2/c1-11-9-15(20(3)19-11)18-16(22)10-14(17-12(2)21)13-7-5-4-6-8-13/h4-9,14H,10H2,1-3H3,(H,17,21)(H,18,22)/t14-/m1/s1. The summed E-state index contributed by atoms with van der Waals surface area (Å²) >= 11 is 0. The first kappa shape index (κ1) is 15.8. The molecule has 2 aromatic rings. The van der Waals surface area contributed by atoms with Gasteiger partial charge in [0.1, 0.15) is 5.82 Å². The Balaban J connectivity index is 2.08. The first-order valence-electron chi connectivity index (χ1n) is 7.08. The molecular formula is C16H20N4O2. The summed E-state index contributed by atoms with van der Waals surface area (Å²) in [5.41, 5.74) is 1.73. The molecule has 0 saturated heterocycles. The molecule has 1 aromatic heterocycles. The smallest absolute Gasteiger partial charge is 0.227 e. The van der Waals surface area contributed by atoms with Gasteiger partial charge in [0.05, 0.1) is 18.2 Å². The van der Waals surface area contributed by atoms with Crippen LogP contribution in [0.1, 0.15) is 30.6 Å². The summed E-state index contributed by atoms with van der Waals surface area (Å²) in [6.07, 6.45) is 0.161. The second-order valence-electron chi connectivity index (χ2n) is 5.21. The molecule has 0 bridgehead atoms. The van der Waals surface area contributed by atoms with Gasteiger partial charge in [0.2, 0.25) is 11.8 Å². The summed E-state index contributed by atoms with van der Waals surface area (Å²) in [5, 5.41) is 9.81. The third kappa shape index (κ3) is 4.18. The minimum Gasteiger partial charge on any atom is -0.349 e. The summed E-state index contributed by atoms with van der Waals surface area (Å²) in [4.78, 5) is 23.6. The normalized spacial score (nSPS) is 11.8. The van der Waals surface area contributed by atoms with Crippen LogP contribution < -0.4 is 10.6 Å². The van der Waals surface area contributed by atoms with Crippen molar-refractivity contribution in [3.63, 3.8) is 0 Å². The Hall–Kier alpha value is -2.63. The number of hydrogen-bond acceptors (Lipinski definition) is 3. The van der Waals surface area contributed by atoms with E-state index >= 15 is 0 Å². The summed E-state index contributed by atoms with van der Waals surface area (Å²) in [6.45, 7) is 3.30. The van der Waals surface area contributed by atoms with E-state index in [2.05, 4.69) is 15.7 Å². The van der Waals surface area contributed by atoms with Crippen LogP contribution in [0.2, 0.25) is 0 Å². The average Bonchev–Trinajstić information content (AvgIpc) is 2.76. The quantitative estimate of drug-likeness (QED) is 0.886. The maximum Gasteiger partial charge on any atom is 0.227 e. The average molecular weight is 300 g/mol. The Kier molecular flexibility index (Phi) is 4.93. The van der Waals surface area contributed by atoms with Crippen LogP contribution in [0.15, 0.2) is 36.4 Å². The lowest BCUT2D eigenvalue weighted by Crippen LogP contribution is -2.30. The van der Waals surface area contributed by atoms with Gasteiger partial charge >= 0.3 is 0 Å². The highest BCUT2D eigenvalue weighted by molar-refractivity contribution is 5.90. The fourth-order valence-electron chi connectivity index (χ4n) is 2.29. The van der Waals surface area contributed by atoms with Gasteiger partial charge in [-0.05, 0) is 12.5 Å². The van der Waals surface area contributed by atoms with Crippen LogP contribution in [0, 0.1) is 6.92 Å². The number of carbonyl (C=O) groups is 2. The molecule has 1 atom stereocenters. The Labute approximate surface area is 129 Å². The van der Waals surface area contributed by atoms with Gasteiger partial charge in [-0.2, -0.15) is 5.10 Å². The van der Waals surface area contributed by atoms with Gasteiger partial charge in [-0.15, -0.1) is 0 Å². The van der Waals surface area contributed by atoms with Crippen molar-refractivity contribution in [3.05, 3.63) is 47.7 Å². The fourth-order valence-corrected chi connectivity index (χ4v) is 2.29. The summed E-state index contributed by atoms with van der Waals surface area (Å²) < 4.78 is 1.61. The fraction of sp³-hybridized carbons (Fsp3) is 0.312. The maximum absolute atomic E-state index is 12.2. The lowest BCUT2D eigenvalue weighted by Gasteiger charge is -2.18. The molecule has 0 fully saturated rings. The van der Waals surface area contributed by atoms with Crippen LogP contribution in [0.5, 0.6) is 0 Å². The van der Waals surface area contributed by atoms with E-state index in [4.69, 9.17) is 0 Å². The zero-order valence-corrected chi connectivity index (χ0v) is 13.0. The maximum atomic E-state index is 12.2. The minimum absolute atomic E-state index is 0.161. The molecule has 0 unspecified atom stereocenters. The van der Waals surface area contributed by atoms with Crippen LogP contribution in [-0.4, -0.2) is 21.6 Å². The van der Waals surface area contributed by atoms with Crippen LogP contribution in [0.4, 0.5) is 5.82 Å². The Morgan fingerprint density at radius 1 is 1.27 bits per heavy atom. The van der Waals surface area contributed by atoms with Crippen molar-refractivity contribution in [2.75, 3.05) is 5.32 Å². The van der Waals surface area contributed by atoms with E-state index in [-0.39, 0.29) is 24.3 Å². The number of aromatic nitrogens is 2. The minimum atomic E-state index is -0.354. The number of hydrogen-bond donors (Lipinski definition) is 2. The highest BCUT2D eigenvalue weighted by Gasteiger charge is 2.17. The van der Waals surface area contributed by atoms with E-state index in [1.165, 1.54) is 6.92 Å². The summed E-state index contributed by atoms with van der Waals surface area (Å²) in [6, 6.07) is 10.9. The first-order valence-corrected chi connectivity index (χ1v) is 7.08. The third-order valence-corrected chi connectivity index (χ3v) is 3.24. The van der Waals surface area contributed by atoms with Crippen LogP contribution in [0.3, 0.4) is 0 Å². The number of amides is 2. The van der Waals surface area contributed by atoms with E-state index in [1.807, 2.05) is 37.3 Å². The third-order valence-electron chi connectivity index (χ3n) is 3.24. The van der Waals surface area contributed by atoms with E-state index in [0.717, 1.165) is 11.3 Å². The van der Waals surface area contributed by atoms with Crippen molar-refractivity contribution >= 4 is 17.6 Å². The molecule has 1 heterocycles. The van der Waals surface area contributed by atoms with Crippen LogP contribution >= 0.6 is 0 Å². The first-order chi connectivity index (χ1) is 10.5. The van der Waals surface area contributed by atoms with Gasteiger partial charge < -0.3 is 10.6 Å². The molecule has 22 heavy (non-hydrogen) atoms. The molecule has 1 aromatic carbocycles. The van der Waals surface area contributed by atoms with Gasteiger partial charge in [-0.3, -0.25) is 14.3 Å². The summed E-state index contributed by atoms with van der Waals surface area (Å²) in [7, 11) is 1.77. The topological polar surface area (TPSA) is 76.0 Å². The van der Waals surface area contributed by atoms with Gasteiger partial charge in [0, 0.05) is 20.0 Å². The van der Waals surface area contributed by atoms with Gasteiger partial charge in [0.25, 0.3) is 0 Å². The van der Waals surface area contributed by atoms with Crippen molar-refractivity contribution in [1.29, 1.82) is 0 Å². The molecule has 0 aliphatic carbocycles. The number of anilines is 1. The van der Waals surface area contributed by atoms with Crippen molar-refractivity contribution in [2.24, 2.45) is 7.05 Å². The molecule has 0 aliphatic rings. The molecule has 0 saturated carbocycles. The van der Waals surface area contributed by atoms with E-state index in [0.29, 0.717) is 5.82 Å². The van der Waals surface area contributed by atoms with E-state index < -0.39 is 0 Å². The molecular weight excluding hydrogens is 280 g/mol.